The molecule has 32 heavy (non-hydrogen) atoms. The van der Waals surface area contributed by atoms with Gasteiger partial charge in [0.05, 0.1) is 18.1 Å². The van der Waals surface area contributed by atoms with Gasteiger partial charge in [-0.1, -0.05) is 0 Å². The molecule has 0 aliphatic heterocycles. The lowest BCUT2D eigenvalue weighted by molar-refractivity contribution is -0.159. The zero-order chi connectivity index (χ0) is 24.3. The number of halogens is 9. The first-order chi connectivity index (χ1) is 14.6. The van der Waals surface area contributed by atoms with Gasteiger partial charge in [0.15, 0.2) is 12.4 Å². The lowest BCUT2D eigenvalue weighted by Gasteiger charge is -2.25. The number of carbonyl (C=O) groups is 2. The number of nitrogens with zero attached hydrogens (tertiary/aromatic N) is 4. The van der Waals surface area contributed by atoms with E-state index in [4.69, 9.17) is 0 Å². The second kappa shape index (κ2) is 9.51. The summed E-state index contributed by atoms with van der Waals surface area (Å²) in [6, 6.07) is 2.40. The van der Waals surface area contributed by atoms with Crippen molar-refractivity contribution in [1.82, 2.24) is 20.0 Å². The van der Waals surface area contributed by atoms with E-state index in [1.807, 2.05) is 0 Å². The van der Waals surface area contributed by atoms with Crippen molar-refractivity contribution < 1.29 is 45.1 Å². The fraction of sp³-hybridized carbons (Fsp3) is 0.267. The second-order valence-corrected chi connectivity index (χ2v) is 7.62. The Balaban J connectivity index is 2.18. The largest absolute Gasteiger partial charge is 0.468 e. The number of hydrazine groups is 1. The predicted molar refractivity (Wildman–Crippen MR) is 100 cm³/mol. The molecule has 17 heteroatoms. The predicted octanol–water partition coefficient (Wildman–Crippen LogP) is 4.14. The molecule has 2 rings (SSSR count). The summed E-state index contributed by atoms with van der Waals surface area (Å²) in [5.74, 6) is -5.57. The Bertz CT molecular complexity index is 938. The highest BCUT2D eigenvalue weighted by Gasteiger charge is 2.49. The van der Waals surface area contributed by atoms with Gasteiger partial charge in [0.1, 0.15) is 0 Å². The third-order valence-corrected chi connectivity index (χ3v) is 3.86. The zero-order valence-electron chi connectivity index (χ0n) is 15.0. The molecule has 0 unspecified atom stereocenters. The Kier molecular flexibility index (Phi) is 7.64. The third-order valence-electron chi connectivity index (χ3n) is 3.19. The van der Waals surface area contributed by atoms with E-state index >= 15 is 0 Å². The maximum Gasteiger partial charge on any atom is 0.422 e. The van der Waals surface area contributed by atoms with Gasteiger partial charge in [-0.25, -0.2) is 9.97 Å². The standard InChI is InChI=1S/C15H8Br2F7N5O3/c16-14(21,22)11(30)29(12(31)15(17,23)24)28-9-5-25-8(4-26-9)7-1-2-10(27-3-7)32-6-13(18,19)20/h1-5H,6H2,(H,26,28). The van der Waals surface area contributed by atoms with Gasteiger partial charge in [0.2, 0.25) is 5.88 Å². The SMILES string of the molecule is O=C(N(Nc1cnc(-c2ccc(OCC(F)(F)F)nc2)cn1)C(=O)C(F)(F)Br)C(F)(F)Br. The van der Waals surface area contributed by atoms with Gasteiger partial charge < -0.3 is 4.74 Å². The molecule has 0 bridgehead atoms. The lowest BCUT2D eigenvalue weighted by atomic mass is 10.2. The maximum absolute atomic E-state index is 13.2. The van der Waals surface area contributed by atoms with E-state index in [9.17, 15) is 40.3 Å². The molecule has 2 aromatic heterocycles. The highest BCUT2D eigenvalue weighted by Crippen LogP contribution is 2.30. The van der Waals surface area contributed by atoms with Crippen molar-refractivity contribution in [3.8, 4) is 17.1 Å². The quantitative estimate of drug-likeness (QED) is 0.291. The van der Waals surface area contributed by atoms with Crippen LogP contribution in [0.4, 0.5) is 36.6 Å². The molecule has 2 aromatic rings. The number of carbonyl (C=O) groups excluding carboxylic acids is 2. The van der Waals surface area contributed by atoms with E-state index in [1.54, 1.807) is 37.3 Å². The number of alkyl halides is 9. The van der Waals surface area contributed by atoms with Crippen molar-refractivity contribution in [2.24, 2.45) is 0 Å². The molecule has 2 amide bonds. The van der Waals surface area contributed by atoms with Crippen LogP contribution in [0.1, 0.15) is 0 Å². The number of aromatic nitrogens is 3. The summed E-state index contributed by atoms with van der Waals surface area (Å²) in [5, 5.41) is -0.651. The van der Waals surface area contributed by atoms with Gasteiger partial charge in [-0.05, 0) is 6.07 Å². The van der Waals surface area contributed by atoms with Crippen molar-refractivity contribution in [1.29, 1.82) is 0 Å². The number of imide groups is 1. The summed E-state index contributed by atoms with van der Waals surface area (Å²) < 4.78 is 93.7. The highest BCUT2D eigenvalue weighted by molar-refractivity contribution is 9.10. The van der Waals surface area contributed by atoms with Crippen LogP contribution >= 0.6 is 31.9 Å². The van der Waals surface area contributed by atoms with E-state index in [0.717, 1.165) is 24.7 Å². The molecule has 1 N–H and O–H groups in total. The van der Waals surface area contributed by atoms with E-state index in [-0.39, 0.29) is 17.1 Å². The normalized spacial score (nSPS) is 12.3. The minimum absolute atomic E-state index is 0.0752. The number of amides is 2. The fourth-order valence-electron chi connectivity index (χ4n) is 1.87. The molecule has 0 aliphatic carbocycles. The van der Waals surface area contributed by atoms with Crippen molar-refractivity contribution in [2.75, 3.05) is 12.0 Å². The molecule has 0 aromatic carbocycles. The molecule has 2 heterocycles. The second-order valence-electron chi connectivity index (χ2n) is 5.63. The summed E-state index contributed by atoms with van der Waals surface area (Å²) in [6.07, 6.45) is -1.65. The van der Waals surface area contributed by atoms with E-state index in [0.29, 0.717) is 0 Å². The Hall–Kier alpha value is -2.56. The van der Waals surface area contributed by atoms with Gasteiger partial charge in [-0.2, -0.15) is 35.7 Å². The molecular weight excluding hydrogens is 591 g/mol. The molecule has 0 saturated heterocycles. The number of hydrogen-bond acceptors (Lipinski definition) is 7. The number of hydrogen-bond donors (Lipinski definition) is 1. The molecule has 0 atom stereocenters. The molecule has 0 saturated carbocycles. The van der Waals surface area contributed by atoms with Crippen LogP contribution in [0, 0.1) is 0 Å². The van der Waals surface area contributed by atoms with Gasteiger partial charge >= 0.3 is 27.7 Å². The molecule has 0 fully saturated rings. The maximum atomic E-state index is 13.2. The number of rotatable bonds is 7. The van der Waals surface area contributed by atoms with Crippen LogP contribution in [-0.4, -0.2) is 54.2 Å². The fourth-order valence-corrected chi connectivity index (χ4v) is 2.22. The van der Waals surface area contributed by atoms with E-state index in [1.165, 1.54) is 6.07 Å². The average Bonchev–Trinajstić information content (AvgIpc) is 2.68. The van der Waals surface area contributed by atoms with Crippen molar-refractivity contribution >= 4 is 49.5 Å². The van der Waals surface area contributed by atoms with Crippen LogP contribution in [0.25, 0.3) is 11.3 Å². The van der Waals surface area contributed by atoms with Crippen molar-refractivity contribution in [3.05, 3.63) is 30.7 Å². The Morgan fingerprint density at radius 3 is 1.91 bits per heavy atom. The summed E-state index contributed by atoms with van der Waals surface area (Å²) in [4.78, 5) is 25.7. The number of nitrogens with one attached hydrogen (secondary N) is 1. The zero-order valence-corrected chi connectivity index (χ0v) is 18.2. The first kappa shape index (κ1) is 25.7. The average molecular weight is 599 g/mol. The Morgan fingerprint density at radius 1 is 0.906 bits per heavy atom. The van der Waals surface area contributed by atoms with E-state index in [2.05, 4.69) is 19.7 Å². The van der Waals surface area contributed by atoms with E-state index < -0.39 is 45.1 Å². The summed E-state index contributed by atoms with van der Waals surface area (Å²) in [6.45, 7) is -1.55. The van der Waals surface area contributed by atoms with Gasteiger partial charge in [-0.3, -0.25) is 20.0 Å². The van der Waals surface area contributed by atoms with Gasteiger partial charge in [0.25, 0.3) is 0 Å². The minimum Gasteiger partial charge on any atom is -0.468 e. The lowest BCUT2D eigenvalue weighted by Crippen LogP contribution is -2.52. The van der Waals surface area contributed by atoms with Gasteiger partial charge in [0, 0.05) is 49.7 Å². The first-order valence-electron chi connectivity index (χ1n) is 7.85. The highest BCUT2D eigenvalue weighted by atomic mass is 79.9. The molecule has 0 aliphatic rings. The van der Waals surface area contributed by atoms with Crippen LogP contribution in [0.3, 0.4) is 0 Å². The Labute approximate surface area is 190 Å². The van der Waals surface area contributed by atoms with Crippen LogP contribution in [0.5, 0.6) is 5.88 Å². The minimum atomic E-state index is -4.55. The topological polar surface area (TPSA) is 97.3 Å². The van der Waals surface area contributed by atoms with Crippen molar-refractivity contribution in [3.63, 3.8) is 0 Å². The molecule has 0 spiro atoms. The molecule has 174 valence electrons. The number of ether oxygens (including phenoxy) is 1. The summed E-state index contributed by atoms with van der Waals surface area (Å²) >= 11 is 3.34. The first-order valence-corrected chi connectivity index (χ1v) is 9.43. The van der Waals surface area contributed by atoms with Crippen LogP contribution < -0.4 is 10.2 Å². The smallest absolute Gasteiger partial charge is 0.422 e. The Morgan fingerprint density at radius 2 is 1.50 bits per heavy atom. The molecule has 8 nitrogen and oxygen atoms in total. The molecular formula is C15H8Br2F7N5O3. The monoisotopic (exact) mass is 597 g/mol. The number of anilines is 1. The van der Waals surface area contributed by atoms with Crippen LogP contribution in [0.15, 0.2) is 30.7 Å². The molecule has 0 radical (unpaired) electrons. The van der Waals surface area contributed by atoms with Crippen molar-refractivity contribution in [2.45, 2.75) is 15.8 Å². The number of pyridine rings is 1. The van der Waals surface area contributed by atoms with Gasteiger partial charge in [-0.15, -0.1) is 0 Å². The third kappa shape index (κ3) is 7.25. The van der Waals surface area contributed by atoms with Crippen LogP contribution in [0.2, 0.25) is 0 Å². The summed E-state index contributed by atoms with van der Waals surface area (Å²) in [5.41, 5.74) is 2.03. The summed E-state index contributed by atoms with van der Waals surface area (Å²) in [7, 11) is 0. The van der Waals surface area contributed by atoms with Crippen LogP contribution in [-0.2, 0) is 9.59 Å².